The van der Waals surface area contributed by atoms with Gasteiger partial charge in [0.15, 0.2) is 11.5 Å². The lowest BCUT2D eigenvalue weighted by Gasteiger charge is -2.14. The van der Waals surface area contributed by atoms with Gasteiger partial charge in [0.05, 0.1) is 6.61 Å². The minimum absolute atomic E-state index is 0.468. The maximum atomic E-state index is 11.3. The summed E-state index contributed by atoms with van der Waals surface area (Å²) in [6.07, 6.45) is 3.98. The van der Waals surface area contributed by atoms with Crippen molar-refractivity contribution in [2.75, 3.05) is 6.61 Å². The van der Waals surface area contributed by atoms with E-state index in [1.165, 1.54) is 0 Å². The predicted octanol–water partition coefficient (Wildman–Crippen LogP) is 3.52. The number of aryl methyl sites for hydroxylation is 1. The second kappa shape index (κ2) is 7.54. The van der Waals surface area contributed by atoms with E-state index in [1.54, 1.807) is 6.07 Å². The van der Waals surface area contributed by atoms with Gasteiger partial charge in [-0.15, -0.1) is 0 Å². The zero-order valence-electron chi connectivity index (χ0n) is 11.1. The van der Waals surface area contributed by atoms with Crippen molar-refractivity contribution in [3.63, 3.8) is 0 Å². The van der Waals surface area contributed by atoms with Crippen molar-refractivity contribution in [2.45, 2.75) is 33.1 Å². The van der Waals surface area contributed by atoms with Crippen LogP contribution in [-0.4, -0.2) is 12.6 Å². The fourth-order valence-electron chi connectivity index (χ4n) is 1.63. The van der Waals surface area contributed by atoms with Gasteiger partial charge in [-0.3, -0.25) is 0 Å². The number of rotatable bonds is 7. The summed E-state index contributed by atoms with van der Waals surface area (Å²) in [5.41, 5.74) is 1.07. The highest BCUT2D eigenvalue weighted by molar-refractivity contribution is 5.83. The minimum atomic E-state index is -0.468. The van der Waals surface area contributed by atoms with Crippen molar-refractivity contribution in [2.24, 2.45) is 0 Å². The van der Waals surface area contributed by atoms with E-state index in [9.17, 15) is 4.79 Å². The van der Waals surface area contributed by atoms with E-state index in [0.29, 0.717) is 18.1 Å². The van der Waals surface area contributed by atoms with Crippen molar-refractivity contribution in [3.8, 4) is 11.5 Å². The molecule has 0 amide bonds. The Bertz CT molecular complexity index is 410. The highest BCUT2D eigenvalue weighted by Crippen LogP contribution is 2.32. The smallest absolute Gasteiger partial charge is 0.335 e. The summed E-state index contributed by atoms with van der Waals surface area (Å²) in [5.74, 6) is 0.681. The summed E-state index contributed by atoms with van der Waals surface area (Å²) in [4.78, 5) is 11.3. The monoisotopic (exact) mass is 248 g/mol. The number of benzene rings is 1. The molecule has 0 atom stereocenters. The van der Waals surface area contributed by atoms with E-state index in [4.69, 9.17) is 9.47 Å². The standard InChI is InChI=1S/C15H20O3/c1-4-8-12-9-7-10-13(18-14(16)6-3)15(12)17-11-5-2/h6-7,9-10H,3-5,8,11H2,1-2H3. The van der Waals surface area contributed by atoms with Gasteiger partial charge in [-0.2, -0.15) is 0 Å². The highest BCUT2D eigenvalue weighted by Gasteiger charge is 2.12. The third-order valence-corrected chi connectivity index (χ3v) is 2.41. The minimum Gasteiger partial charge on any atom is -0.489 e. The molecule has 1 aromatic carbocycles. The maximum Gasteiger partial charge on any atom is 0.335 e. The molecular weight excluding hydrogens is 228 g/mol. The maximum absolute atomic E-state index is 11.3. The van der Waals surface area contributed by atoms with Gasteiger partial charge in [0.1, 0.15) is 0 Å². The average molecular weight is 248 g/mol. The van der Waals surface area contributed by atoms with Gasteiger partial charge < -0.3 is 9.47 Å². The highest BCUT2D eigenvalue weighted by atomic mass is 16.6. The van der Waals surface area contributed by atoms with Crippen LogP contribution in [0.1, 0.15) is 32.3 Å². The summed E-state index contributed by atoms with van der Waals surface area (Å²) in [6, 6.07) is 5.61. The van der Waals surface area contributed by atoms with Crippen LogP contribution in [0.4, 0.5) is 0 Å². The Kier molecular flexibility index (Phi) is 5.98. The van der Waals surface area contributed by atoms with Gasteiger partial charge in [0.2, 0.25) is 0 Å². The number of ether oxygens (including phenoxy) is 2. The first-order chi connectivity index (χ1) is 8.72. The lowest BCUT2D eigenvalue weighted by Crippen LogP contribution is -2.07. The summed E-state index contributed by atoms with van der Waals surface area (Å²) >= 11 is 0. The number of hydrogen-bond donors (Lipinski definition) is 0. The Morgan fingerprint density at radius 3 is 2.72 bits per heavy atom. The molecule has 0 spiro atoms. The third kappa shape index (κ3) is 3.91. The number of para-hydroxylation sites is 1. The van der Waals surface area contributed by atoms with Crippen LogP contribution in [0.15, 0.2) is 30.9 Å². The SMILES string of the molecule is C=CC(=O)Oc1cccc(CCC)c1OCCC. The zero-order chi connectivity index (χ0) is 13.4. The summed E-state index contributed by atoms with van der Waals surface area (Å²) in [5, 5.41) is 0. The number of carbonyl (C=O) groups is 1. The average Bonchev–Trinajstić information content (AvgIpc) is 2.38. The molecule has 0 saturated heterocycles. The molecule has 0 unspecified atom stereocenters. The van der Waals surface area contributed by atoms with Crippen LogP contribution in [0.2, 0.25) is 0 Å². The van der Waals surface area contributed by atoms with Gasteiger partial charge in [-0.05, 0) is 24.5 Å². The first-order valence-corrected chi connectivity index (χ1v) is 6.31. The molecule has 0 fully saturated rings. The van der Waals surface area contributed by atoms with Crippen molar-refractivity contribution in [3.05, 3.63) is 36.4 Å². The largest absolute Gasteiger partial charge is 0.489 e. The third-order valence-electron chi connectivity index (χ3n) is 2.41. The Morgan fingerprint density at radius 1 is 1.33 bits per heavy atom. The number of esters is 1. The fourth-order valence-corrected chi connectivity index (χ4v) is 1.63. The van der Waals surface area contributed by atoms with E-state index >= 15 is 0 Å². The van der Waals surface area contributed by atoms with Gasteiger partial charge in [-0.25, -0.2) is 4.79 Å². The van der Waals surface area contributed by atoms with Crippen molar-refractivity contribution < 1.29 is 14.3 Å². The van der Waals surface area contributed by atoms with Crippen LogP contribution in [-0.2, 0) is 11.2 Å². The Balaban J connectivity index is 3.01. The molecular formula is C15H20O3. The van der Waals surface area contributed by atoms with Crippen molar-refractivity contribution in [1.29, 1.82) is 0 Å². The first kappa shape index (κ1) is 14.3. The molecule has 0 heterocycles. The van der Waals surface area contributed by atoms with Crippen LogP contribution in [0, 0.1) is 0 Å². The zero-order valence-corrected chi connectivity index (χ0v) is 11.1. The number of hydrogen-bond acceptors (Lipinski definition) is 3. The molecule has 18 heavy (non-hydrogen) atoms. The molecule has 1 rings (SSSR count). The summed E-state index contributed by atoms with van der Waals surface area (Å²) in [6.45, 7) is 8.15. The van der Waals surface area contributed by atoms with Crippen molar-refractivity contribution in [1.82, 2.24) is 0 Å². The van der Waals surface area contributed by atoms with Gasteiger partial charge in [0.25, 0.3) is 0 Å². The fraction of sp³-hybridized carbons (Fsp3) is 0.400. The second-order valence-electron chi connectivity index (χ2n) is 3.97. The van der Waals surface area contributed by atoms with Crippen LogP contribution < -0.4 is 9.47 Å². The summed E-state index contributed by atoms with van der Waals surface area (Å²) in [7, 11) is 0. The topological polar surface area (TPSA) is 35.5 Å². The molecule has 3 heteroatoms. The van der Waals surface area contributed by atoms with E-state index in [-0.39, 0.29) is 0 Å². The van der Waals surface area contributed by atoms with E-state index in [0.717, 1.165) is 30.9 Å². The Hall–Kier alpha value is -1.77. The van der Waals surface area contributed by atoms with Crippen LogP contribution in [0.5, 0.6) is 11.5 Å². The van der Waals surface area contributed by atoms with Crippen LogP contribution in [0.25, 0.3) is 0 Å². The molecule has 0 bridgehead atoms. The lowest BCUT2D eigenvalue weighted by atomic mass is 10.1. The molecule has 0 radical (unpaired) electrons. The Morgan fingerprint density at radius 2 is 2.11 bits per heavy atom. The van der Waals surface area contributed by atoms with Crippen LogP contribution >= 0.6 is 0 Å². The second-order valence-corrected chi connectivity index (χ2v) is 3.97. The van der Waals surface area contributed by atoms with Gasteiger partial charge >= 0.3 is 5.97 Å². The molecule has 0 saturated carbocycles. The van der Waals surface area contributed by atoms with Crippen molar-refractivity contribution >= 4 is 5.97 Å². The number of carbonyl (C=O) groups excluding carboxylic acids is 1. The van der Waals surface area contributed by atoms with E-state index in [1.807, 2.05) is 19.1 Å². The predicted molar refractivity (Wildman–Crippen MR) is 72.1 cm³/mol. The van der Waals surface area contributed by atoms with E-state index in [2.05, 4.69) is 13.5 Å². The molecule has 0 aliphatic carbocycles. The first-order valence-electron chi connectivity index (χ1n) is 6.31. The van der Waals surface area contributed by atoms with E-state index < -0.39 is 5.97 Å². The molecule has 0 aliphatic rings. The van der Waals surface area contributed by atoms with Gasteiger partial charge in [-0.1, -0.05) is 39.0 Å². The normalized spacial score (nSPS) is 9.89. The molecule has 0 aromatic heterocycles. The molecule has 98 valence electrons. The molecule has 3 nitrogen and oxygen atoms in total. The molecule has 0 N–H and O–H groups in total. The van der Waals surface area contributed by atoms with Crippen LogP contribution in [0.3, 0.4) is 0 Å². The lowest BCUT2D eigenvalue weighted by molar-refractivity contribution is -0.129. The molecule has 1 aromatic rings. The molecule has 0 aliphatic heterocycles. The Labute approximate surface area is 108 Å². The quantitative estimate of drug-likeness (QED) is 0.421. The summed E-state index contributed by atoms with van der Waals surface area (Å²) < 4.78 is 10.9. The van der Waals surface area contributed by atoms with Gasteiger partial charge in [0, 0.05) is 6.08 Å².